The van der Waals surface area contributed by atoms with Crippen molar-refractivity contribution in [3.8, 4) is 17.0 Å². The molecular formula is C23H27N3O3. The van der Waals surface area contributed by atoms with Crippen molar-refractivity contribution in [2.75, 3.05) is 13.7 Å². The molecule has 0 saturated heterocycles. The Labute approximate surface area is 170 Å². The molecule has 6 heteroatoms. The van der Waals surface area contributed by atoms with Gasteiger partial charge in [-0.2, -0.15) is 0 Å². The van der Waals surface area contributed by atoms with E-state index in [1.165, 1.54) is 0 Å². The number of benzene rings is 2. The number of rotatable bonds is 8. The van der Waals surface area contributed by atoms with Crippen molar-refractivity contribution in [1.82, 2.24) is 10.3 Å². The number of aromatic amines is 1. The number of H-pyrrole nitrogens is 1. The number of aromatic nitrogens is 1. The van der Waals surface area contributed by atoms with Crippen LogP contribution >= 0.6 is 0 Å². The Morgan fingerprint density at radius 1 is 1.10 bits per heavy atom. The zero-order chi connectivity index (χ0) is 21.0. The van der Waals surface area contributed by atoms with Crippen LogP contribution in [0.2, 0.25) is 0 Å². The topological polar surface area (TPSA) is 97.2 Å². The average Bonchev–Trinajstić information content (AvgIpc) is 3.09. The lowest BCUT2D eigenvalue weighted by Gasteiger charge is -2.20. The molecule has 6 nitrogen and oxygen atoms in total. The van der Waals surface area contributed by atoms with Gasteiger partial charge in [0.05, 0.1) is 12.5 Å². The Kier molecular flexibility index (Phi) is 5.92. The van der Waals surface area contributed by atoms with E-state index < -0.39 is 11.3 Å². The maximum absolute atomic E-state index is 12.4. The molecule has 3 aromatic rings. The number of ether oxygens (including phenoxy) is 1. The second-order valence-corrected chi connectivity index (χ2v) is 7.78. The van der Waals surface area contributed by atoms with Crippen molar-refractivity contribution in [3.05, 3.63) is 54.1 Å². The second kappa shape index (κ2) is 8.39. The van der Waals surface area contributed by atoms with Gasteiger partial charge >= 0.3 is 0 Å². The van der Waals surface area contributed by atoms with Gasteiger partial charge in [-0.3, -0.25) is 9.59 Å². The van der Waals surface area contributed by atoms with Gasteiger partial charge in [-0.15, -0.1) is 0 Å². The number of aryl methyl sites for hydroxylation is 1. The first-order valence-electron chi connectivity index (χ1n) is 9.62. The van der Waals surface area contributed by atoms with Crippen LogP contribution < -0.4 is 15.8 Å². The largest absolute Gasteiger partial charge is 0.497 e. The van der Waals surface area contributed by atoms with E-state index >= 15 is 0 Å². The summed E-state index contributed by atoms with van der Waals surface area (Å²) in [6.07, 6.45) is 0.897. The van der Waals surface area contributed by atoms with Gasteiger partial charge in [0.1, 0.15) is 5.75 Å². The number of carbonyl (C=O) groups excluding carboxylic acids is 2. The van der Waals surface area contributed by atoms with Crippen LogP contribution in [0.25, 0.3) is 22.2 Å². The molecular weight excluding hydrogens is 366 g/mol. The number of primary amides is 1. The molecule has 2 aromatic carbocycles. The van der Waals surface area contributed by atoms with Crippen LogP contribution in [0.5, 0.6) is 5.75 Å². The van der Waals surface area contributed by atoms with Crippen LogP contribution in [-0.2, 0) is 16.0 Å². The molecule has 0 aliphatic rings. The van der Waals surface area contributed by atoms with Gasteiger partial charge in [-0.05, 0) is 61.7 Å². The van der Waals surface area contributed by atoms with Gasteiger partial charge in [-0.1, -0.05) is 18.2 Å². The Balaban J connectivity index is 1.81. The minimum absolute atomic E-state index is 0.106. The number of para-hydroxylation sites is 1. The first kappa shape index (κ1) is 20.5. The van der Waals surface area contributed by atoms with Crippen molar-refractivity contribution in [2.24, 2.45) is 11.1 Å². The fourth-order valence-electron chi connectivity index (χ4n) is 3.20. The van der Waals surface area contributed by atoms with Crippen LogP contribution in [0.15, 0.2) is 48.5 Å². The summed E-state index contributed by atoms with van der Waals surface area (Å²) < 4.78 is 5.25. The molecule has 0 fully saturated rings. The lowest BCUT2D eigenvalue weighted by molar-refractivity contribution is -0.127. The van der Waals surface area contributed by atoms with E-state index in [0.717, 1.165) is 33.5 Å². The van der Waals surface area contributed by atoms with E-state index in [2.05, 4.69) is 16.4 Å². The highest BCUT2D eigenvalue weighted by molar-refractivity contribution is 5.91. The first-order valence-corrected chi connectivity index (χ1v) is 9.62. The van der Waals surface area contributed by atoms with Crippen molar-refractivity contribution in [1.29, 1.82) is 0 Å². The highest BCUT2D eigenvalue weighted by Gasteiger charge is 2.25. The number of nitrogens with two attached hydrogens (primary N) is 1. The number of nitrogens with one attached hydrogen (secondary N) is 2. The number of amides is 2. The van der Waals surface area contributed by atoms with Crippen molar-refractivity contribution >= 4 is 22.7 Å². The zero-order valence-corrected chi connectivity index (χ0v) is 17.0. The van der Waals surface area contributed by atoms with E-state index in [0.29, 0.717) is 12.8 Å². The molecule has 0 bridgehead atoms. The minimum atomic E-state index is -0.773. The van der Waals surface area contributed by atoms with Gasteiger partial charge in [0, 0.05) is 29.6 Å². The molecule has 1 heterocycles. The number of hydrogen-bond donors (Lipinski definition) is 3. The number of carbonyl (C=O) groups is 2. The standard InChI is InChI=1S/C23H27N3O3/c1-23(2,22(24)28)14-25-20(27)13-12-18-17-6-4-5-7-19(17)26-21(18)15-8-10-16(29-3)11-9-15/h4-11,26H,12-14H2,1-3H3,(H2,24,28)(H,25,27). The SMILES string of the molecule is COc1ccc(-c2[nH]c3ccccc3c2CCC(=O)NCC(C)(C)C(N)=O)cc1. The quantitative estimate of drug-likeness (QED) is 0.547. The fraction of sp³-hybridized carbons (Fsp3) is 0.304. The molecule has 29 heavy (non-hydrogen) atoms. The normalized spacial score (nSPS) is 11.4. The molecule has 1 aromatic heterocycles. The molecule has 2 amide bonds. The predicted molar refractivity (Wildman–Crippen MR) is 115 cm³/mol. The van der Waals surface area contributed by atoms with Gasteiger partial charge < -0.3 is 20.8 Å². The Bertz CT molecular complexity index is 1020. The molecule has 0 atom stereocenters. The number of methoxy groups -OCH3 is 1. The average molecular weight is 393 g/mol. The highest BCUT2D eigenvalue weighted by atomic mass is 16.5. The molecule has 152 valence electrons. The van der Waals surface area contributed by atoms with Crippen LogP contribution in [0.4, 0.5) is 0 Å². The summed E-state index contributed by atoms with van der Waals surface area (Å²) in [4.78, 5) is 27.3. The summed E-state index contributed by atoms with van der Waals surface area (Å²) in [5, 5.41) is 3.92. The zero-order valence-electron chi connectivity index (χ0n) is 17.0. The smallest absolute Gasteiger partial charge is 0.224 e. The lowest BCUT2D eigenvalue weighted by atomic mass is 9.92. The maximum Gasteiger partial charge on any atom is 0.224 e. The third-order valence-electron chi connectivity index (χ3n) is 5.19. The summed E-state index contributed by atoms with van der Waals surface area (Å²) in [5.41, 5.74) is 8.76. The van der Waals surface area contributed by atoms with Crippen LogP contribution in [-0.4, -0.2) is 30.5 Å². The summed E-state index contributed by atoms with van der Waals surface area (Å²) in [6, 6.07) is 15.9. The predicted octanol–water partition coefficient (Wildman–Crippen LogP) is 3.40. The molecule has 0 radical (unpaired) electrons. The fourth-order valence-corrected chi connectivity index (χ4v) is 3.20. The van der Waals surface area contributed by atoms with Crippen LogP contribution in [0.3, 0.4) is 0 Å². The third-order valence-corrected chi connectivity index (χ3v) is 5.19. The number of hydrogen-bond acceptors (Lipinski definition) is 3. The molecule has 0 spiro atoms. The van der Waals surface area contributed by atoms with Gasteiger partial charge in [0.25, 0.3) is 0 Å². The van der Waals surface area contributed by atoms with Crippen molar-refractivity contribution in [3.63, 3.8) is 0 Å². The summed E-state index contributed by atoms with van der Waals surface area (Å²) in [7, 11) is 1.64. The second-order valence-electron chi connectivity index (χ2n) is 7.78. The summed E-state index contributed by atoms with van der Waals surface area (Å²) >= 11 is 0. The van der Waals surface area contributed by atoms with Gasteiger partial charge in [0.2, 0.25) is 11.8 Å². The maximum atomic E-state index is 12.4. The van der Waals surface area contributed by atoms with E-state index in [1.54, 1.807) is 21.0 Å². The summed E-state index contributed by atoms with van der Waals surface area (Å²) in [5.74, 6) is 0.254. The minimum Gasteiger partial charge on any atom is -0.497 e. The lowest BCUT2D eigenvalue weighted by Crippen LogP contribution is -2.42. The first-order chi connectivity index (χ1) is 13.8. The third kappa shape index (κ3) is 4.59. The highest BCUT2D eigenvalue weighted by Crippen LogP contribution is 2.32. The Morgan fingerprint density at radius 2 is 1.79 bits per heavy atom. The molecule has 4 N–H and O–H groups in total. The monoisotopic (exact) mass is 393 g/mol. The Hall–Kier alpha value is -3.28. The number of fused-ring (bicyclic) bond motifs is 1. The van der Waals surface area contributed by atoms with Crippen molar-refractivity contribution in [2.45, 2.75) is 26.7 Å². The van der Waals surface area contributed by atoms with Gasteiger partial charge in [0.15, 0.2) is 0 Å². The molecule has 0 saturated carbocycles. The van der Waals surface area contributed by atoms with E-state index in [4.69, 9.17) is 10.5 Å². The van der Waals surface area contributed by atoms with E-state index in [-0.39, 0.29) is 12.5 Å². The molecule has 0 aliphatic carbocycles. The van der Waals surface area contributed by atoms with E-state index in [1.807, 2.05) is 42.5 Å². The van der Waals surface area contributed by atoms with Crippen molar-refractivity contribution < 1.29 is 14.3 Å². The van der Waals surface area contributed by atoms with E-state index in [9.17, 15) is 9.59 Å². The Morgan fingerprint density at radius 3 is 2.45 bits per heavy atom. The molecule has 3 rings (SSSR count). The van der Waals surface area contributed by atoms with Crippen LogP contribution in [0.1, 0.15) is 25.8 Å². The molecule has 0 aliphatic heterocycles. The van der Waals surface area contributed by atoms with Crippen LogP contribution in [0, 0.1) is 5.41 Å². The molecule has 0 unspecified atom stereocenters. The van der Waals surface area contributed by atoms with Gasteiger partial charge in [-0.25, -0.2) is 0 Å². The summed E-state index contributed by atoms with van der Waals surface area (Å²) in [6.45, 7) is 3.66.